The zero-order chi connectivity index (χ0) is 23.3. The van der Waals surface area contributed by atoms with Crippen LogP contribution in [0.1, 0.15) is 30.6 Å². The van der Waals surface area contributed by atoms with Crippen LogP contribution in [-0.2, 0) is 16.1 Å². The van der Waals surface area contributed by atoms with Crippen molar-refractivity contribution in [2.24, 2.45) is 5.92 Å². The van der Waals surface area contributed by atoms with Gasteiger partial charge in [-0.25, -0.2) is 0 Å². The Kier molecular flexibility index (Phi) is 8.11. The quantitative estimate of drug-likeness (QED) is 0.561. The molecule has 0 aromatic heterocycles. The van der Waals surface area contributed by atoms with Crippen LogP contribution in [0.25, 0.3) is 0 Å². The number of hydrogen-bond acceptors (Lipinski definition) is 5. The lowest BCUT2D eigenvalue weighted by Gasteiger charge is -2.43. The second kappa shape index (κ2) is 10.6. The monoisotopic (exact) mass is 457 g/mol. The molecule has 1 aliphatic heterocycles. The van der Waals surface area contributed by atoms with E-state index in [2.05, 4.69) is 6.92 Å². The first-order valence-electron chi connectivity index (χ1n) is 11.2. The van der Waals surface area contributed by atoms with Gasteiger partial charge in [-0.1, -0.05) is 55.5 Å². The van der Waals surface area contributed by atoms with Gasteiger partial charge in [-0.3, -0.25) is 4.79 Å². The van der Waals surface area contributed by atoms with Gasteiger partial charge in [0.05, 0.1) is 12.7 Å². The molecule has 0 fully saturated rings. The van der Waals surface area contributed by atoms with Crippen LogP contribution in [0.3, 0.4) is 0 Å². The van der Waals surface area contributed by atoms with Crippen LogP contribution in [0, 0.1) is 5.92 Å². The van der Waals surface area contributed by atoms with Crippen molar-refractivity contribution in [3.8, 4) is 5.75 Å². The minimum Gasteiger partial charge on any atom is -0.490 e. The summed E-state index contributed by atoms with van der Waals surface area (Å²) in [4.78, 5) is 26.2. The highest BCUT2D eigenvalue weighted by molar-refractivity contribution is 6.71. The third-order valence-corrected chi connectivity index (χ3v) is 8.72. The summed E-state index contributed by atoms with van der Waals surface area (Å²) < 4.78 is 12.2. The van der Waals surface area contributed by atoms with Gasteiger partial charge < -0.3 is 24.3 Å². The highest BCUT2D eigenvalue weighted by Crippen LogP contribution is 2.46. The Bertz CT molecular complexity index is 885. The summed E-state index contributed by atoms with van der Waals surface area (Å²) in [6.45, 7) is 6.33. The van der Waals surface area contributed by atoms with Gasteiger partial charge in [0.1, 0.15) is 11.9 Å². The smallest absolute Gasteiger partial charge is 0.223 e. The van der Waals surface area contributed by atoms with E-state index in [1.165, 1.54) is 0 Å². The van der Waals surface area contributed by atoms with Gasteiger partial charge in [0.15, 0.2) is 8.32 Å². The van der Waals surface area contributed by atoms with Gasteiger partial charge in [-0.15, -0.1) is 0 Å². The van der Waals surface area contributed by atoms with Gasteiger partial charge in [-0.2, -0.15) is 0 Å². The number of para-hydroxylation sites is 1. The lowest BCUT2D eigenvalue weighted by molar-refractivity contribution is -0.133. The maximum absolute atomic E-state index is 13.4. The van der Waals surface area contributed by atoms with Crippen LogP contribution in [0.15, 0.2) is 54.6 Å². The van der Waals surface area contributed by atoms with Crippen molar-refractivity contribution in [1.29, 1.82) is 0 Å². The first-order valence-corrected chi connectivity index (χ1v) is 14.2. The first kappa shape index (κ1) is 24.4. The van der Waals surface area contributed by atoms with Crippen molar-refractivity contribution in [2.75, 3.05) is 20.3 Å². The van der Waals surface area contributed by atoms with E-state index in [0.29, 0.717) is 6.54 Å². The predicted molar refractivity (Wildman–Crippen MR) is 127 cm³/mol. The van der Waals surface area contributed by atoms with Crippen LogP contribution in [0.4, 0.5) is 0 Å². The molecule has 0 saturated carbocycles. The summed E-state index contributed by atoms with van der Waals surface area (Å²) in [6.07, 6.45) is -0.356. The molecule has 4 atom stereocenters. The average molecular weight is 458 g/mol. The number of aliphatic hydroxyl groups is 1. The van der Waals surface area contributed by atoms with Crippen LogP contribution < -0.4 is 4.74 Å². The molecule has 0 aliphatic carbocycles. The predicted octanol–water partition coefficient (Wildman–Crippen LogP) is 3.75. The number of aliphatic hydroxyl groups excluding tert-OH is 1. The van der Waals surface area contributed by atoms with Gasteiger partial charge in [0.2, 0.25) is 5.91 Å². The molecule has 3 rings (SSSR count). The molecule has 0 spiro atoms. The summed E-state index contributed by atoms with van der Waals surface area (Å²) in [6, 6.07) is 17.5. The molecule has 2 N–H and O–H groups in total. The van der Waals surface area contributed by atoms with E-state index in [0.717, 1.165) is 16.9 Å². The number of carbonyl (C=O) groups excluding carboxylic acids is 1. The van der Waals surface area contributed by atoms with Crippen molar-refractivity contribution in [3.05, 3.63) is 65.7 Å². The second-order valence-electron chi connectivity index (χ2n) is 9.12. The lowest BCUT2D eigenvalue weighted by Crippen LogP contribution is -2.50. The van der Waals surface area contributed by atoms with Crippen LogP contribution in [0.2, 0.25) is 18.6 Å². The Morgan fingerprint density at radius 2 is 1.81 bits per heavy atom. The van der Waals surface area contributed by atoms with Crippen molar-refractivity contribution in [3.63, 3.8) is 0 Å². The van der Waals surface area contributed by atoms with E-state index in [1.807, 2.05) is 67.7 Å². The minimum absolute atomic E-state index is 0.0351. The standard InChI is InChI=1S/C25H35NO5Si/c1-18-24(30-2)20-12-8-9-13-21(20)31-25(18)22(32(3,4)29)16-23(28)26(14-15-27)17-19-10-6-5-7-11-19/h5-13,18,22,24-25,27,29H,14-17H2,1-4H3/t18-,22?,24-,25-/m0/s1. The Morgan fingerprint density at radius 1 is 1.16 bits per heavy atom. The molecule has 2 aromatic rings. The van der Waals surface area contributed by atoms with E-state index >= 15 is 0 Å². The normalized spacial score (nSPS) is 21.4. The van der Waals surface area contributed by atoms with Gasteiger partial charge in [0, 0.05) is 43.6 Å². The number of hydrogen-bond donors (Lipinski definition) is 2. The molecule has 1 unspecified atom stereocenters. The lowest BCUT2D eigenvalue weighted by atomic mass is 9.86. The second-order valence-corrected chi connectivity index (χ2v) is 13.2. The van der Waals surface area contributed by atoms with Crippen molar-refractivity contribution < 1.29 is 24.2 Å². The molecule has 1 heterocycles. The maximum atomic E-state index is 13.4. The Morgan fingerprint density at radius 3 is 2.44 bits per heavy atom. The molecular formula is C25H35NO5Si. The maximum Gasteiger partial charge on any atom is 0.223 e. The zero-order valence-electron chi connectivity index (χ0n) is 19.4. The van der Waals surface area contributed by atoms with Crippen molar-refractivity contribution in [2.45, 2.75) is 50.7 Å². The molecule has 174 valence electrons. The molecule has 7 heteroatoms. The fraction of sp³-hybridized carbons (Fsp3) is 0.480. The number of rotatable bonds is 9. The number of amides is 1. The fourth-order valence-corrected chi connectivity index (χ4v) is 6.47. The highest BCUT2D eigenvalue weighted by atomic mass is 28.4. The highest BCUT2D eigenvalue weighted by Gasteiger charge is 2.47. The number of ether oxygens (including phenoxy) is 2. The summed E-state index contributed by atoms with van der Waals surface area (Å²) in [5, 5.41) is 9.55. The first-order chi connectivity index (χ1) is 15.3. The Hall–Kier alpha value is -2.19. The summed E-state index contributed by atoms with van der Waals surface area (Å²) >= 11 is 0. The molecule has 2 aromatic carbocycles. The van der Waals surface area contributed by atoms with E-state index < -0.39 is 8.32 Å². The van der Waals surface area contributed by atoms with E-state index in [4.69, 9.17) is 9.47 Å². The summed E-state index contributed by atoms with van der Waals surface area (Å²) in [5.41, 5.74) is 1.67. The molecule has 0 radical (unpaired) electrons. The topological polar surface area (TPSA) is 79.2 Å². The van der Waals surface area contributed by atoms with Gasteiger partial charge in [0.25, 0.3) is 0 Å². The van der Waals surface area contributed by atoms with E-state index in [1.54, 1.807) is 12.0 Å². The van der Waals surface area contributed by atoms with Gasteiger partial charge in [-0.05, 0) is 24.7 Å². The molecule has 0 bridgehead atoms. The fourth-order valence-electron chi connectivity index (χ4n) is 4.62. The number of fused-ring (bicyclic) bond motifs is 1. The summed E-state index contributed by atoms with van der Waals surface area (Å²) in [5.74, 6) is 0.618. The zero-order valence-corrected chi connectivity index (χ0v) is 20.4. The van der Waals surface area contributed by atoms with Crippen LogP contribution in [0.5, 0.6) is 5.75 Å². The molecule has 1 amide bonds. The largest absolute Gasteiger partial charge is 0.490 e. The summed E-state index contributed by atoms with van der Waals surface area (Å²) in [7, 11) is -1.11. The minimum atomic E-state index is -2.79. The van der Waals surface area contributed by atoms with E-state index in [-0.39, 0.29) is 49.1 Å². The van der Waals surface area contributed by atoms with E-state index in [9.17, 15) is 14.7 Å². The van der Waals surface area contributed by atoms with Gasteiger partial charge >= 0.3 is 0 Å². The van der Waals surface area contributed by atoms with Crippen molar-refractivity contribution in [1.82, 2.24) is 4.90 Å². The molecule has 0 saturated heterocycles. The Balaban J connectivity index is 1.85. The molecule has 32 heavy (non-hydrogen) atoms. The van der Waals surface area contributed by atoms with Crippen LogP contribution >= 0.6 is 0 Å². The Labute approximate surface area is 191 Å². The SMILES string of the molecule is CO[C@@H]1c2ccccc2O[C@H](C(CC(=O)N(CCO)Cc2ccccc2)[Si](C)(C)O)[C@H]1C. The number of benzene rings is 2. The third kappa shape index (κ3) is 5.59. The number of nitrogens with zero attached hydrogens (tertiary/aromatic N) is 1. The molecule has 1 aliphatic rings. The van der Waals surface area contributed by atoms with Crippen LogP contribution in [-0.4, -0.2) is 55.4 Å². The number of carbonyl (C=O) groups is 1. The molecule has 6 nitrogen and oxygen atoms in total. The number of methoxy groups -OCH3 is 1. The molecular weight excluding hydrogens is 422 g/mol. The average Bonchev–Trinajstić information content (AvgIpc) is 2.77. The third-order valence-electron chi connectivity index (χ3n) is 6.38. The van der Waals surface area contributed by atoms with Crippen molar-refractivity contribution >= 4 is 14.2 Å².